The maximum atomic E-state index is 6.20. The highest BCUT2D eigenvalue weighted by atomic mass is 35.5. The number of hydrogen-bond acceptors (Lipinski definition) is 1. The van der Waals surface area contributed by atoms with Crippen molar-refractivity contribution in [3.8, 4) is 0 Å². The van der Waals surface area contributed by atoms with Crippen molar-refractivity contribution in [1.82, 2.24) is 0 Å². The molecule has 1 rings (SSSR count). The predicted molar refractivity (Wildman–Crippen MR) is 52.7 cm³/mol. The van der Waals surface area contributed by atoms with Crippen LogP contribution in [0.1, 0.15) is 33.6 Å². The van der Waals surface area contributed by atoms with Gasteiger partial charge in [0.15, 0.2) is 0 Å². The Labute approximate surface area is 79.7 Å². The molecule has 0 amide bonds. The van der Waals surface area contributed by atoms with E-state index in [-0.39, 0.29) is 11.0 Å². The first-order valence-corrected chi connectivity index (χ1v) is 4.89. The number of hydrogen-bond donors (Lipinski definition) is 0. The molecular formula is C10H17ClO. The summed E-state index contributed by atoms with van der Waals surface area (Å²) in [5.74, 6) is 0. The zero-order chi connectivity index (χ0) is 9.19. The average Bonchev–Trinajstić information content (AvgIpc) is 1.98. The lowest BCUT2D eigenvalue weighted by atomic mass is 9.97. The van der Waals surface area contributed by atoms with Crippen LogP contribution in [0.2, 0.25) is 0 Å². The summed E-state index contributed by atoms with van der Waals surface area (Å²) in [4.78, 5) is 0. The minimum absolute atomic E-state index is 0.126. The van der Waals surface area contributed by atoms with E-state index in [9.17, 15) is 0 Å². The van der Waals surface area contributed by atoms with Crippen molar-refractivity contribution in [1.29, 1.82) is 0 Å². The van der Waals surface area contributed by atoms with Crippen molar-refractivity contribution in [2.75, 3.05) is 6.61 Å². The quantitative estimate of drug-likeness (QED) is 0.419. The number of halogens is 1. The van der Waals surface area contributed by atoms with Gasteiger partial charge in [0.1, 0.15) is 0 Å². The molecule has 0 fully saturated rings. The van der Waals surface area contributed by atoms with Crippen molar-refractivity contribution in [2.45, 2.75) is 44.6 Å². The Kier molecular flexibility index (Phi) is 3.19. The summed E-state index contributed by atoms with van der Waals surface area (Å²) >= 11 is 6.20. The van der Waals surface area contributed by atoms with Gasteiger partial charge in [0, 0.05) is 0 Å². The Morgan fingerprint density at radius 3 is 2.92 bits per heavy atom. The van der Waals surface area contributed by atoms with Crippen molar-refractivity contribution in [2.24, 2.45) is 0 Å². The van der Waals surface area contributed by atoms with Gasteiger partial charge < -0.3 is 4.74 Å². The molecule has 0 saturated carbocycles. The van der Waals surface area contributed by atoms with Crippen LogP contribution in [-0.4, -0.2) is 17.6 Å². The Morgan fingerprint density at radius 1 is 1.58 bits per heavy atom. The molecule has 1 aliphatic rings. The first-order valence-electron chi connectivity index (χ1n) is 4.46. The fraction of sp³-hybridized carbons (Fsp3) is 0.800. The van der Waals surface area contributed by atoms with Crippen LogP contribution in [0.15, 0.2) is 11.6 Å². The molecule has 12 heavy (non-hydrogen) atoms. The molecule has 0 radical (unpaired) electrons. The second-order valence-electron chi connectivity index (χ2n) is 3.97. The Morgan fingerprint density at radius 2 is 2.25 bits per heavy atom. The van der Waals surface area contributed by atoms with E-state index in [0.29, 0.717) is 6.61 Å². The van der Waals surface area contributed by atoms with Crippen LogP contribution in [0.25, 0.3) is 0 Å². The van der Waals surface area contributed by atoms with Crippen LogP contribution in [-0.2, 0) is 4.74 Å². The monoisotopic (exact) mass is 188 g/mol. The molecule has 1 heterocycles. The lowest BCUT2D eigenvalue weighted by Crippen LogP contribution is -2.36. The molecule has 0 saturated heterocycles. The first-order chi connectivity index (χ1) is 5.52. The highest BCUT2D eigenvalue weighted by Crippen LogP contribution is 2.27. The summed E-state index contributed by atoms with van der Waals surface area (Å²) in [6, 6.07) is 0. The topological polar surface area (TPSA) is 9.23 Å². The fourth-order valence-corrected chi connectivity index (χ4v) is 1.47. The highest BCUT2D eigenvalue weighted by Gasteiger charge is 2.28. The van der Waals surface area contributed by atoms with Crippen LogP contribution in [0.4, 0.5) is 0 Å². The minimum Gasteiger partial charge on any atom is -0.370 e. The summed E-state index contributed by atoms with van der Waals surface area (Å²) in [6.07, 6.45) is 4.25. The molecule has 1 aliphatic heterocycles. The van der Waals surface area contributed by atoms with Gasteiger partial charge in [-0.2, -0.15) is 0 Å². The van der Waals surface area contributed by atoms with E-state index >= 15 is 0 Å². The number of allylic oxidation sites excluding steroid dienone is 1. The summed E-state index contributed by atoms with van der Waals surface area (Å²) < 4.78 is 5.64. The van der Waals surface area contributed by atoms with Gasteiger partial charge in [-0.25, -0.2) is 0 Å². The van der Waals surface area contributed by atoms with Crippen LogP contribution < -0.4 is 0 Å². The predicted octanol–water partition coefficient (Wildman–Crippen LogP) is 3.13. The number of rotatable bonds is 0. The second kappa shape index (κ2) is 3.80. The molecule has 0 bridgehead atoms. The third kappa shape index (κ3) is 2.49. The molecular weight excluding hydrogens is 172 g/mol. The molecule has 0 aromatic heterocycles. The molecule has 0 N–H and O–H groups in total. The standard InChI is InChI=1S/C10H17ClO/c1-8-4-5-9(11)10(2,3)12-7-6-8/h6,9H,4-5,7H2,1-3H3/b8-6-. The van der Waals surface area contributed by atoms with E-state index in [0.717, 1.165) is 12.8 Å². The molecule has 0 spiro atoms. The summed E-state index contributed by atoms with van der Waals surface area (Å²) in [6.45, 7) is 6.94. The lowest BCUT2D eigenvalue weighted by molar-refractivity contribution is -0.00756. The number of ether oxygens (including phenoxy) is 1. The largest absolute Gasteiger partial charge is 0.370 e. The van der Waals surface area contributed by atoms with Gasteiger partial charge in [-0.1, -0.05) is 11.6 Å². The van der Waals surface area contributed by atoms with Crippen LogP contribution in [0.3, 0.4) is 0 Å². The average molecular weight is 189 g/mol. The van der Waals surface area contributed by atoms with Crippen molar-refractivity contribution >= 4 is 11.6 Å². The molecule has 70 valence electrons. The minimum atomic E-state index is -0.182. The molecule has 0 aromatic carbocycles. The van der Waals surface area contributed by atoms with Gasteiger partial charge in [-0.05, 0) is 33.6 Å². The lowest BCUT2D eigenvalue weighted by Gasteiger charge is -2.31. The normalized spacial score (nSPS) is 34.7. The van der Waals surface area contributed by atoms with Crippen LogP contribution in [0.5, 0.6) is 0 Å². The van der Waals surface area contributed by atoms with Gasteiger partial charge in [-0.3, -0.25) is 0 Å². The van der Waals surface area contributed by atoms with E-state index in [1.807, 2.05) is 0 Å². The van der Waals surface area contributed by atoms with E-state index in [2.05, 4.69) is 26.8 Å². The van der Waals surface area contributed by atoms with Crippen LogP contribution >= 0.6 is 11.6 Å². The molecule has 1 unspecified atom stereocenters. The van der Waals surface area contributed by atoms with E-state index in [1.54, 1.807) is 0 Å². The Hall–Kier alpha value is -0.0100. The highest BCUT2D eigenvalue weighted by molar-refractivity contribution is 6.21. The summed E-state index contributed by atoms with van der Waals surface area (Å²) in [5.41, 5.74) is 1.20. The summed E-state index contributed by atoms with van der Waals surface area (Å²) in [5, 5.41) is 0.126. The molecule has 1 atom stereocenters. The van der Waals surface area contributed by atoms with E-state index in [1.165, 1.54) is 5.57 Å². The summed E-state index contributed by atoms with van der Waals surface area (Å²) in [7, 11) is 0. The molecule has 0 aliphatic carbocycles. The van der Waals surface area contributed by atoms with Crippen molar-refractivity contribution in [3.05, 3.63) is 11.6 Å². The third-order valence-electron chi connectivity index (χ3n) is 2.43. The molecule has 0 aromatic rings. The molecule has 2 heteroatoms. The second-order valence-corrected chi connectivity index (χ2v) is 4.50. The van der Waals surface area contributed by atoms with Crippen LogP contribution in [0, 0.1) is 0 Å². The van der Waals surface area contributed by atoms with E-state index in [4.69, 9.17) is 16.3 Å². The van der Waals surface area contributed by atoms with Gasteiger partial charge >= 0.3 is 0 Å². The SMILES string of the molecule is C/C1=C/COC(C)(C)C(Cl)CC1. The fourth-order valence-electron chi connectivity index (χ4n) is 1.29. The third-order valence-corrected chi connectivity index (χ3v) is 3.18. The van der Waals surface area contributed by atoms with E-state index < -0.39 is 0 Å². The van der Waals surface area contributed by atoms with Crippen molar-refractivity contribution in [3.63, 3.8) is 0 Å². The van der Waals surface area contributed by atoms with Gasteiger partial charge in [0.2, 0.25) is 0 Å². The van der Waals surface area contributed by atoms with Gasteiger partial charge in [0.25, 0.3) is 0 Å². The molecule has 1 nitrogen and oxygen atoms in total. The zero-order valence-corrected chi connectivity index (χ0v) is 8.82. The first kappa shape index (κ1) is 10.1. The zero-order valence-electron chi connectivity index (χ0n) is 8.06. The Bertz CT molecular complexity index is 184. The maximum absolute atomic E-state index is 6.20. The van der Waals surface area contributed by atoms with Gasteiger partial charge in [-0.15, -0.1) is 11.6 Å². The van der Waals surface area contributed by atoms with Gasteiger partial charge in [0.05, 0.1) is 17.6 Å². The number of alkyl halides is 1. The smallest absolute Gasteiger partial charge is 0.0793 e. The maximum Gasteiger partial charge on any atom is 0.0793 e. The van der Waals surface area contributed by atoms with Crippen molar-refractivity contribution < 1.29 is 4.74 Å². The Balaban J connectivity index is 2.64.